The first kappa shape index (κ1) is 23.6. The van der Waals surface area contributed by atoms with Gasteiger partial charge in [-0.3, -0.25) is 0 Å². The summed E-state index contributed by atoms with van der Waals surface area (Å²) in [6, 6.07) is 4.31. The molecule has 1 saturated heterocycles. The minimum atomic E-state index is 0.370. The number of nitrogens with zero attached hydrogens (tertiary/aromatic N) is 6. The highest BCUT2D eigenvalue weighted by molar-refractivity contribution is 6.32. The van der Waals surface area contributed by atoms with Crippen molar-refractivity contribution in [3.05, 3.63) is 59.2 Å². The van der Waals surface area contributed by atoms with Crippen molar-refractivity contribution in [1.29, 1.82) is 0 Å². The van der Waals surface area contributed by atoms with Crippen LogP contribution < -0.4 is 20.7 Å². The van der Waals surface area contributed by atoms with E-state index in [1.54, 1.807) is 18.3 Å². The minimum absolute atomic E-state index is 0.370. The van der Waals surface area contributed by atoms with E-state index < -0.39 is 0 Å². The summed E-state index contributed by atoms with van der Waals surface area (Å²) in [6.45, 7) is 7.39. The van der Waals surface area contributed by atoms with E-state index in [-0.39, 0.29) is 0 Å². The normalized spacial score (nSPS) is 17.1. The fraction of sp³-hybridized carbons (Fsp3) is 0.292. The van der Waals surface area contributed by atoms with Gasteiger partial charge in [-0.15, -0.1) is 0 Å². The Balaban J connectivity index is 1.62. The molecule has 10 heteroatoms. The second kappa shape index (κ2) is 9.74. The standard InChI is InChI=1S/C24H29ClN8O/c1-15(20-8-6-7-9-33(20)27-2)23-17(25)12-28-24(30-23)29-19-10-18(26)21(11-22(19)34-5)32-13-16(14-32)31(3)4/h6-12,16H,2,13-14,26H2,1,3-5H3,(H,28,29,30)/b20-15+. The van der Waals surface area contributed by atoms with Crippen molar-refractivity contribution in [2.45, 2.75) is 13.0 Å². The molecule has 0 amide bonds. The molecular weight excluding hydrogens is 452 g/mol. The quantitative estimate of drug-likeness (QED) is 0.454. The molecule has 3 N–H and O–H groups in total. The van der Waals surface area contributed by atoms with Crippen LogP contribution in [-0.2, 0) is 0 Å². The molecule has 2 aliphatic rings. The van der Waals surface area contributed by atoms with E-state index in [9.17, 15) is 0 Å². The highest BCUT2D eigenvalue weighted by atomic mass is 35.5. The van der Waals surface area contributed by atoms with Gasteiger partial charge in [-0.2, -0.15) is 5.10 Å². The van der Waals surface area contributed by atoms with Crippen molar-refractivity contribution in [2.24, 2.45) is 5.10 Å². The maximum atomic E-state index is 6.45. The smallest absolute Gasteiger partial charge is 0.227 e. The molecule has 3 heterocycles. The predicted molar refractivity (Wildman–Crippen MR) is 140 cm³/mol. The summed E-state index contributed by atoms with van der Waals surface area (Å²) in [7, 11) is 5.80. The Morgan fingerprint density at radius 1 is 1.32 bits per heavy atom. The Kier molecular flexibility index (Phi) is 6.76. The van der Waals surface area contributed by atoms with Gasteiger partial charge in [0.25, 0.3) is 0 Å². The van der Waals surface area contributed by atoms with Crippen LogP contribution in [0, 0.1) is 0 Å². The number of nitrogens with two attached hydrogens (primary N) is 1. The second-order valence-electron chi connectivity index (χ2n) is 8.35. The number of rotatable bonds is 7. The number of ether oxygens (including phenoxy) is 1. The van der Waals surface area contributed by atoms with Crippen LogP contribution in [0.5, 0.6) is 5.75 Å². The lowest BCUT2D eigenvalue weighted by molar-refractivity contribution is 0.247. The zero-order valence-corrected chi connectivity index (χ0v) is 20.5. The van der Waals surface area contributed by atoms with Crippen LogP contribution in [0.2, 0.25) is 5.02 Å². The van der Waals surface area contributed by atoms with E-state index in [1.165, 1.54) is 0 Å². The largest absolute Gasteiger partial charge is 0.494 e. The highest BCUT2D eigenvalue weighted by Crippen LogP contribution is 2.39. The zero-order valence-electron chi connectivity index (χ0n) is 19.8. The number of halogens is 1. The first-order chi connectivity index (χ1) is 16.3. The molecule has 2 aliphatic heterocycles. The van der Waals surface area contributed by atoms with Gasteiger partial charge >= 0.3 is 0 Å². The summed E-state index contributed by atoms with van der Waals surface area (Å²) in [5.41, 5.74) is 10.9. The summed E-state index contributed by atoms with van der Waals surface area (Å²) in [5, 5.41) is 9.35. The van der Waals surface area contributed by atoms with Crippen LogP contribution in [0.1, 0.15) is 12.6 Å². The molecule has 0 radical (unpaired) electrons. The van der Waals surface area contributed by atoms with Gasteiger partial charge in [-0.05, 0) is 39.2 Å². The summed E-state index contributed by atoms with van der Waals surface area (Å²) in [4.78, 5) is 13.5. The van der Waals surface area contributed by atoms with E-state index in [0.29, 0.717) is 39.8 Å². The molecule has 1 aromatic heterocycles. The van der Waals surface area contributed by atoms with Crippen LogP contribution in [0.15, 0.2) is 53.6 Å². The molecule has 0 aliphatic carbocycles. The number of nitrogens with one attached hydrogen (secondary N) is 1. The molecule has 9 nitrogen and oxygen atoms in total. The van der Waals surface area contributed by atoms with Crippen LogP contribution in [0.25, 0.3) is 5.57 Å². The molecule has 0 bridgehead atoms. The molecule has 178 valence electrons. The van der Waals surface area contributed by atoms with Gasteiger partial charge in [0.2, 0.25) is 5.95 Å². The van der Waals surface area contributed by atoms with Gasteiger partial charge in [0.1, 0.15) is 5.75 Å². The summed E-state index contributed by atoms with van der Waals surface area (Å²) in [6.07, 6.45) is 9.10. The number of nitrogen functional groups attached to an aromatic ring is 1. The first-order valence-electron chi connectivity index (χ1n) is 10.8. The third kappa shape index (κ3) is 4.57. The van der Waals surface area contributed by atoms with E-state index in [1.807, 2.05) is 43.5 Å². The van der Waals surface area contributed by atoms with Crippen LogP contribution in [-0.4, -0.2) is 66.9 Å². The number of likely N-dealkylation sites (N-methyl/N-ethyl adjacent to an activating group) is 1. The van der Waals surface area contributed by atoms with Crippen molar-refractivity contribution < 1.29 is 4.74 Å². The van der Waals surface area contributed by atoms with Crippen molar-refractivity contribution in [1.82, 2.24) is 19.9 Å². The number of anilines is 4. The fourth-order valence-electron chi connectivity index (χ4n) is 3.89. The van der Waals surface area contributed by atoms with Gasteiger partial charge in [0, 0.05) is 43.7 Å². The van der Waals surface area contributed by atoms with E-state index in [2.05, 4.69) is 51.0 Å². The maximum absolute atomic E-state index is 6.45. The summed E-state index contributed by atoms with van der Waals surface area (Å²) in [5.74, 6) is 1.02. The number of aromatic nitrogens is 2. The van der Waals surface area contributed by atoms with Gasteiger partial charge in [0.05, 0.1) is 46.8 Å². The average molecular weight is 481 g/mol. The SMILES string of the molecule is C=NN1C=CC=C/C1=C(/C)c1nc(Nc2cc(N)c(N3CC(N(C)C)C3)cc2OC)ncc1Cl. The lowest BCUT2D eigenvalue weighted by Crippen LogP contribution is -2.57. The van der Waals surface area contributed by atoms with Gasteiger partial charge < -0.3 is 25.6 Å². The van der Waals surface area contributed by atoms with Crippen molar-refractivity contribution in [2.75, 3.05) is 50.2 Å². The third-order valence-corrected chi connectivity index (χ3v) is 6.28. The summed E-state index contributed by atoms with van der Waals surface area (Å²) >= 11 is 6.45. The molecule has 2 aromatic rings. The van der Waals surface area contributed by atoms with Crippen molar-refractivity contribution in [3.8, 4) is 5.75 Å². The van der Waals surface area contributed by atoms with Gasteiger partial charge in [-0.1, -0.05) is 17.7 Å². The average Bonchev–Trinajstić information content (AvgIpc) is 2.80. The minimum Gasteiger partial charge on any atom is -0.494 e. The van der Waals surface area contributed by atoms with Gasteiger partial charge in [-0.25, -0.2) is 15.0 Å². The molecular formula is C24H29ClN8O. The summed E-state index contributed by atoms with van der Waals surface area (Å²) < 4.78 is 5.64. The van der Waals surface area contributed by atoms with Crippen LogP contribution in [0.3, 0.4) is 0 Å². The number of methoxy groups -OCH3 is 1. The molecule has 34 heavy (non-hydrogen) atoms. The Labute approximate surface area is 204 Å². The lowest BCUT2D eigenvalue weighted by atomic mass is 10.1. The van der Waals surface area contributed by atoms with Gasteiger partial charge in [0.15, 0.2) is 0 Å². The Hall–Kier alpha value is -3.56. The number of hydrogen-bond acceptors (Lipinski definition) is 9. The van der Waals surface area contributed by atoms with E-state index in [0.717, 1.165) is 30.0 Å². The maximum Gasteiger partial charge on any atom is 0.227 e. The highest BCUT2D eigenvalue weighted by Gasteiger charge is 2.30. The number of allylic oxidation sites excluding steroid dienone is 4. The van der Waals surface area contributed by atoms with Crippen LogP contribution >= 0.6 is 11.6 Å². The molecule has 1 aromatic carbocycles. The molecule has 4 rings (SSSR count). The molecule has 0 atom stereocenters. The first-order valence-corrected chi connectivity index (χ1v) is 11.2. The fourth-order valence-corrected chi connectivity index (χ4v) is 4.12. The zero-order chi connectivity index (χ0) is 24.4. The monoisotopic (exact) mass is 480 g/mol. The van der Waals surface area contributed by atoms with E-state index in [4.69, 9.17) is 22.1 Å². The predicted octanol–water partition coefficient (Wildman–Crippen LogP) is 3.95. The van der Waals surface area contributed by atoms with Crippen molar-refractivity contribution >= 4 is 46.9 Å². The third-order valence-electron chi connectivity index (χ3n) is 6.00. The molecule has 1 fully saturated rings. The second-order valence-corrected chi connectivity index (χ2v) is 8.75. The van der Waals surface area contributed by atoms with Crippen LogP contribution in [0.4, 0.5) is 23.0 Å². The Bertz CT molecular complexity index is 1180. The number of hydrogen-bond donors (Lipinski definition) is 2. The molecule has 0 saturated carbocycles. The topological polar surface area (TPSA) is 95.1 Å². The lowest BCUT2D eigenvalue weighted by Gasteiger charge is -2.44. The molecule has 0 unspecified atom stereocenters. The number of benzene rings is 1. The Morgan fingerprint density at radius 2 is 2.09 bits per heavy atom. The van der Waals surface area contributed by atoms with E-state index >= 15 is 0 Å². The number of hydrazone groups is 1. The Morgan fingerprint density at radius 3 is 2.76 bits per heavy atom. The molecule has 0 spiro atoms. The van der Waals surface area contributed by atoms with Crippen molar-refractivity contribution in [3.63, 3.8) is 0 Å².